The molecular formula is C23H22N2O3. The molecule has 0 fully saturated rings. The van der Waals surface area contributed by atoms with Crippen LogP contribution in [0, 0.1) is 11.8 Å². The molecule has 0 bridgehead atoms. The number of urea groups is 1. The van der Waals surface area contributed by atoms with Crippen molar-refractivity contribution in [3.63, 3.8) is 0 Å². The molecule has 0 heterocycles. The van der Waals surface area contributed by atoms with E-state index < -0.39 is 0 Å². The lowest BCUT2D eigenvalue weighted by Gasteiger charge is -2.11. The third-order valence-corrected chi connectivity index (χ3v) is 3.95. The van der Waals surface area contributed by atoms with E-state index in [1.54, 1.807) is 6.07 Å². The fourth-order valence-electron chi connectivity index (χ4n) is 2.69. The zero-order valence-corrected chi connectivity index (χ0v) is 15.7. The van der Waals surface area contributed by atoms with Gasteiger partial charge in [-0.3, -0.25) is 0 Å². The first-order valence-electron chi connectivity index (χ1n) is 9.11. The number of amides is 2. The van der Waals surface area contributed by atoms with Crippen molar-refractivity contribution in [1.29, 1.82) is 0 Å². The topological polar surface area (TPSA) is 59.6 Å². The monoisotopic (exact) mass is 374 g/mol. The molecule has 5 nitrogen and oxygen atoms in total. The van der Waals surface area contributed by atoms with E-state index in [0.717, 1.165) is 16.5 Å². The highest BCUT2D eigenvalue weighted by Gasteiger charge is 2.05. The number of nitrogens with one attached hydrogen (secondary N) is 2. The van der Waals surface area contributed by atoms with Crippen LogP contribution in [0.3, 0.4) is 0 Å². The molecule has 142 valence electrons. The molecule has 5 heteroatoms. The van der Waals surface area contributed by atoms with Gasteiger partial charge in [0.15, 0.2) is 0 Å². The summed E-state index contributed by atoms with van der Waals surface area (Å²) in [6.45, 7) is 2.90. The number of carbonyl (C=O) groups is 1. The van der Waals surface area contributed by atoms with E-state index in [-0.39, 0.29) is 19.2 Å². The van der Waals surface area contributed by atoms with Crippen molar-refractivity contribution in [2.45, 2.75) is 6.92 Å². The average molecular weight is 374 g/mol. The summed E-state index contributed by atoms with van der Waals surface area (Å²) in [5.41, 5.74) is 0.620. The van der Waals surface area contributed by atoms with Gasteiger partial charge in [0, 0.05) is 5.39 Å². The molecule has 0 aliphatic carbocycles. The molecule has 3 aromatic carbocycles. The third-order valence-electron chi connectivity index (χ3n) is 3.95. The molecule has 0 aliphatic rings. The van der Waals surface area contributed by atoms with Crippen LogP contribution in [0.5, 0.6) is 11.5 Å². The van der Waals surface area contributed by atoms with Gasteiger partial charge in [0.25, 0.3) is 0 Å². The second-order valence-corrected chi connectivity index (χ2v) is 5.86. The van der Waals surface area contributed by atoms with E-state index >= 15 is 0 Å². The molecule has 0 unspecified atom stereocenters. The van der Waals surface area contributed by atoms with Gasteiger partial charge in [0.1, 0.15) is 18.1 Å². The van der Waals surface area contributed by atoms with Gasteiger partial charge in [-0.25, -0.2) is 4.79 Å². The van der Waals surface area contributed by atoms with Crippen LogP contribution in [0.25, 0.3) is 10.8 Å². The molecule has 0 saturated carbocycles. The van der Waals surface area contributed by atoms with Crippen LogP contribution in [-0.2, 0) is 0 Å². The number of carbonyl (C=O) groups excluding carboxylic acids is 1. The van der Waals surface area contributed by atoms with Gasteiger partial charge in [0.05, 0.1) is 18.8 Å². The fourth-order valence-corrected chi connectivity index (χ4v) is 2.69. The minimum absolute atomic E-state index is 0.224. The molecule has 2 N–H and O–H groups in total. The number of benzene rings is 3. The summed E-state index contributed by atoms with van der Waals surface area (Å²) in [7, 11) is 0. The zero-order chi connectivity index (χ0) is 19.6. The van der Waals surface area contributed by atoms with Gasteiger partial charge in [-0.1, -0.05) is 60.4 Å². The first kappa shape index (κ1) is 19.1. The van der Waals surface area contributed by atoms with E-state index in [9.17, 15) is 4.79 Å². The highest BCUT2D eigenvalue weighted by Crippen LogP contribution is 2.25. The summed E-state index contributed by atoms with van der Waals surface area (Å²) in [6.07, 6.45) is 0. The number of ether oxygens (including phenoxy) is 2. The molecule has 0 radical (unpaired) electrons. The number of hydrogen-bond donors (Lipinski definition) is 2. The minimum Gasteiger partial charge on any atom is -0.492 e. The summed E-state index contributed by atoms with van der Waals surface area (Å²) >= 11 is 0. The molecule has 0 spiro atoms. The molecule has 0 aromatic heterocycles. The number of fused-ring (bicyclic) bond motifs is 1. The Morgan fingerprint density at radius 3 is 2.54 bits per heavy atom. The maximum atomic E-state index is 12.0. The molecule has 3 aromatic rings. The number of para-hydroxylation sites is 2. The molecular weight excluding hydrogens is 352 g/mol. The van der Waals surface area contributed by atoms with Crippen LogP contribution in [0.4, 0.5) is 10.5 Å². The van der Waals surface area contributed by atoms with Gasteiger partial charge in [-0.05, 0) is 30.5 Å². The lowest BCUT2D eigenvalue weighted by Crippen LogP contribution is -2.29. The van der Waals surface area contributed by atoms with Crippen LogP contribution < -0.4 is 20.1 Å². The van der Waals surface area contributed by atoms with Crippen molar-refractivity contribution >= 4 is 22.5 Å². The zero-order valence-electron chi connectivity index (χ0n) is 15.7. The van der Waals surface area contributed by atoms with Crippen molar-refractivity contribution in [3.05, 3.63) is 66.7 Å². The summed E-state index contributed by atoms with van der Waals surface area (Å²) in [5.74, 6) is 7.22. The van der Waals surface area contributed by atoms with E-state index in [0.29, 0.717) is 18.0 Å². The minimum atomic E-state index is -0.337. The largest absolute Gasteiger partial charge is 0.492 e. The van der Waals surface area contributed by atoms with Crippen LogP contribution in [0.1, 0.15) is 6.92 Å². The number of rotatable bonds is 6. The lowest BCUT2D eigenvalue weighted by atomic mass is 10.1. The summed E-state index contributed by atoms with van der Waals surface area (Å²) in [4.78, 5) is 12.0. The molecule has 28 heavy (non-hydrogen) atoms. The van der Waals surface area contributed by atoms with E-state index in [1.807, 2.05) is 67.6 Å². The van der Waals surface area contributed by atoms with Crippen molar-refractivity contribution in [1.82, 2.24) is 5.32 Å². The summed E-state index contributed by atoms with van der Waals surface area (Å²) < 4.78 is 11.2. The first-order chi connectivity index (χ1) is 13.8. The standard InChI is InChI=1S/C23H22N2O3/c1-2-27-22-14-6-5-13-20(22)25-23(26)24-16-7-8-17-28-21-15-9-11-18-10-3-4-12-19(18)21/h3-6,9-15H,2,16-17H2,1H3,(H2,24,25,26). The second-order valence-electron chi connectivity index (χ2n) is 5.86. The van der Waals surface area contributed by atoms with Gasteiger partial charge in [0.2, 0.25) is 0 Å². The summed E-state index contributed by atoms with van der Waals surface area (Å²) in [5, 5.41) is 7.63. The Balaban J connectivity index is 1.46. The maximum absolute atomic E-state index is 12.0. The first-order valence-corrected chi connectivity index (χ1v) is 9.11. The number of anilines is 1. The predicted octanol–water partition coefficient (Wildman–Crippen LogP) is 4.44. The maximum Gasteiger partial charge on any atom is 0.320 e. The lowest BCUT2D eigenvalue weighted by molar-refractivity contribution is 0.253. The normalized spacial score (nSPS) is 9.89. The van der Waals surface area contributed by atoms with Crippen molar-refractivity contribution in [2.24, 2.45) is 0 Å². The highest BCUT2D eigenvalue weighted by molar-refractivity contribution is 5.91. The number of hydrogen-bond acceptors (Lipinski definition) is 3. The van der Waals surface area contributed by atoms with Crippen molar-refractivity contribution in [2.75, 3.05) is 25.1 Å². The average Bonchev–Trinajstić information content (AvgIpc) is 2.72. The third kappa shape index (κ3) is 5.18. The molecule has 0 aliphatic heterocycles. The van der Waals surface area contributed by atoms with E-state index in [2.05, 4.69) is 22.5 Å². The Labute approximate surface area is 164 Å². The van der Waals surface area contributed by atoms with E-state index in [1.165, 1.54) is 0 Å². The highest BCUT2D eigenvalue weighted by atomic mass is 16.5. The van der Waals surface area contributed by atoms with Gasteiger partial charge in [-0.15, -0.1) is 0 Å². The van der Waals surface area contributed by atoms with Gasteiger partial charge >= 0.3 is 6.03 Å². The Kier molecular flexibility index (Phi) is 6.75. The van der Waals surface area contributed by atoms with Crippen LogP contribution >= 0.6 is 0 Å². The van der Waals surface area contributed by atoms with Crippen LogP contribution in [0.2, 0.25) is 0 Å². The van der Waals surface area contributed by atoms with Crippen molar-refractivity contribution in [3.8, 4) is 23.3 Å². The fraction of sp³-hybridized carbons (Fsp3) is 0.174. The van der Waals surface area contributed by atoms with Crippen molar-refractivity contribution < 1.29 is 14.3 Å². The Bertz CT molecular complexity index is 1000. The Morgan fingerprint density at radius 2 is 1.64 bits per heavy atom. The smallest absolute Gasteiger partial charge is 0.320 e. The van der Waals surface area contributed by atoms with E-state index in [4.69, 9.17) is 9.47 Å². The SMILES string of the molecule is CCOc1ccccc1NC(=O)NCC#CCOc1cccc2ccccc12. The Morgan fingerprint density at radius 1 is 0.893 bits per heavy atom. The second kappa shape index (κ2) is 9.89. The van der Waals surface area contributed by atoms with Gasteiger partial charge < -0.3 is 20.1 Å². The molecule has 3 rings (SSSR count). The summed E-state index contributed by atoms with van der Waals surface area (Å²) in [6, 6.07) is 20.9. The molecule has 0 atom stereocenters. The predicted molar refractivity (Wildman–Crippen MR) is 112 cm³/mol. The van der Waals surface area contributed by atoms with Gasteiger partial charge in [-0.2, -0.15) is 0 Å². The van der Waals surface area contributed by atoms with Crippen LogP contribution in [-0.4, -0.2) is 25.8 Å². The Hall–Kier alpha value is -3.65. The molecule has 2 amide bonds. The quantitative estimate of drug-likeness (QED) is 0.627. The van der Waals surface area contributed by atoms with Crippen LogP contribution in [0.15, 0.2) is 66.7 Å². The molecule has 0 saturated heterocycles.